The fourth-order valence-corrected chi connectivity index (χ4v) is 5.76. The Kier molecular flexibility index (Phi) is 36.7. The molecule has 0 unspecified atom stereocenters. The summed E-state index contributed by atoms with van der Waals surface area (Å²) in [5.74, 6) is -0.299. The average molecular weight is 673 g/mol. The average Bonchev–Trinajstić information content (AvgIpc) is 3.07. The molecule has 0 heterocycles. The van der Waals surface area contributed by atoms with E-state index in [1.54, 1.807) is 0 Å². The Bertz CT molecular complexity index is 745. The van der Waals surface area contributed by atoms with Crippen molar-refractivity contribution in [2.24, 2.45) is 17.2 Å². The molecule has 6 heteroatoms. The Labute approximate surface area is 298 Å². The first-order valence-electron chi connectivity index (χ1n) is 20.3. The van der Waals surface area contributed by atoms with Crippen molar-refractivity contribution in [2.75, 3.05) is 6.54 Å². The van der Waals surface area contributed by atoms with Crippen LogP contribution in [0, 0.1) is 0 Å². The van der Waals surface area contributed by atoms with E-state index in [2.05, 4.69) is 67.8 Å². The molecule has 0 aliphatic heterocycles. The number of unbranched alkanes of at least 4 members (excludes halogenated alkanes) is 18. The first-order valence-corrected chi connectivity index (χ1v) is 20.3. The van der Waals surface area contributed by atoms with Gasteiger partial charge in [0.15, 0.2) is 0 Å². The van der Waals surface area contributed by atoms with Gasteiger partial charge in [0, 0.05) is 0 Å². The second-order valence-electron chi connectivity index (χ2n) is 13.7. The fraction of sp³-hybridized carbons (Fsp3) is 0.786. The summed E-state index contributed by atoms with van der Waals surface area (Å²) in [7, 11) is 0. The van der Waals surface area contributed by atoms with Crippen LogP contribution in [0.1, 0.15) is 187 Å². The van der Waals surface area contributed by atoms with Crippen LogP contribution >= 0.6 is 0 Å². The predicted molar refractivity (Wildman–Crippen MR) is 211 cm³/mol. The second kappa shape index (κ2) is 38.1. The molecular weight excluding hydrogens is 592 g/mol. The smallest absolute Gasteiger partial charge is 0.323 e. The van der Waals surface area contributed by atoms with Crippen LogP contribution < -0.4 is 22.5 Å². The normalized spacial score (nSPS) is 13.1. The van der Waals surface area contributed by atoms with Crippen LogP contribution in [0.2, 0.25) is 0 Å². The molecule has 7 N–H and O–H groups in total. The summed E-state index contributed by atoms with van der Waals surface area (Å²) in [5.41, 5.74) is 17.2. The zero-order chi connectivity index (χ0) is 35.2. The SMILES string of the molecule is CCCCC/C=C\C/C=C\CCCCCCCCC(CCCCCCCC/C=C\C/C=C\CCCCC)OC(=O)[C@@H](N)CCNC(N)N. The Balaban J connectivity index is 4.17. The Morgan fingerprint density at radius 2 is 0.896 bits per heavy atom. The molecule has 0 saturated carbocycles. The van der Waals surface area contributed by atoms with E-state index in [1.165, 1.54) is 128 Å². The highest BCUT2D eigenvalue weighted by Gasteiger charge is 2.20. The van der Waals surface area contributed by atoms with E-state index in [9.17, 15) is 4.79 Å². The maximum Gasteiger partial charge on any atom is 0.323 e. The van der Waals surface area contributed by atoms with Gasteiger partial charge in [-0.15, -0.1) is 0 Å². The van der Waals surface area contributed by atoms with Gasteiger partial charge in [-0.25, -0.2) is 0 Å². The highest BCUT2D eigenvalue weighted by Crippen LogP contribution is 2.18. The van der Waals surface area contributed by atoms with Crippen LogP contribution in [-0.2, 0) is 9.53 Å². The van der Waals surface area contributed by atoms with E-state index in [1.807, 2.05) is 0 Å². The van der Waals surface area contributed by atoms with E-state index in [4.69, 9.17) is 21.9 Å². The molecule has 0 aliphatic rings. The molecule has 6 nitrogen and oxygen atoms in total. The Morgan fingerprint density at radius 3 is 1.29 bits per heavy atom. The lowest BCUT2D eigenvalue weighted by Crippen LogP contribution is -2.47. The highest BCUT2D eigenvalue weighted by molar-refractivity contribution is 5.75. The van der Waals surface area contributed by atoms with Crippen molar-refractivity contribution < 1.29 is 9.53 Å². The minimum Gasteiger partial charge on any atom is -0.461 e. The van der Waals surface area contributed by atoms with Gasteiger partial charge in [-0.05, 0) is 103 Å². The molecule has 0 radical (unpaired) electrons. The van der Waals surface area contributed by atoms with E-state index >= 15 is 0 Å². The summed E-state index contributed by atoms with van der Waals surface area (Å²) in [6.07, 6.45) is 49.8. The molecule has 0 aliphatic carbocycles. The minimum absolute atomic E-state index is 0.0371. The maximum absolute atomic E-state index is 12.7. The number of esters is 1. The van der Waals surface area contributed by atoms with Gasteiger partial charge < -0.3 is 21.9 Å². The molecule has 0 rings (SSSR count). The van der Waals surface area contributed by atoms with Gasteiger partial charge in [-0.2, -0.15) is 0 Å². The Morgan fingerprint density at radius 1 is 0.521 bits per heavy atom. The van der Waals surface area contributed by atoms with E-state index in [-0.39, 0.29) is 12.1 Å². The van der Waals surface area contributed by atoms with Gasteiger partial charge in [0.2, 0.25) is 0 Å². The monoisotopic (exact) mass is 673 g/mol. The second-order valence-corrected chi connectivity index (χ2v) is 13.7. The summed E-state index contributed by atoms with van der Waals surface area (Å²) >= 11 is 0. The summed E-state index contributed by atoms with van der Waals surface area (Å²) < 4.78 is 5.94. The molecule has 0 aromatic rings. The summed E-state index contributed by atoms with van der Waals surface area (Å²) in [6, 6.07) is -0.648. The quantitative estimate of drug-likeness (QED) is 0.0228. The lowest BCUT2D eigenvalue weighted by atomic mass is 10.0. The number of carbonyl (C=O) groups is 1. The summed E-state index contributed by atoms with van der Waals surface area (Å²) in [6.45, 7) is 5.00. The molecular formula is C42H80N4O2. The molecule has 280 valence electrons. The lowest BCUT2D eigenvalue weighted by Gasteiger charge is -2.21. The zero-order valence-electron chi connectivity index (χ0n) is 31.7. The number of hydrogen-bond acceptors (Lipinski definition) is 6. The predicted octanol–water partition coefficient (Wildman–Crippen LogP) is 10.8. The van der Waals surface area contributed by atoms with Crippen LogP contribution in [0.25, 0.3) is 0 Å². The van der Waals surface area contributed by atoms with Crippen molar-refractivity contribution >= 4 is 5.97 Å². The number of nitrogens with one attached hydrogen (secondary N) is 1. The van der Waals surface area contributed by atoms with Gasteiger partial charge >= 0.3 is 5.97 Å². The Hall–Kier alpha value is -1.73. The molecule has 1 atom stereocenters. The lowest BCUT2D eigenvalue weighted by molar-refractivity contribution is -0.151. The minimum atomic E-state index is -0.648. The van der Waals surface area contributed by atoms with Gasteiger partial charge in [-0.3, -0.25) is 10.1 Å². The molecule has 48 heavy (non-hydrogen) atoms. The number of rotatable bonds is 36. The van der Waals surface area contributed by atoms with Crippen molar-refractivity contribution in [3.05, 3.63) is 48.6 Å². The third-order valence-electron chi connectivity index (χ3n) is 8.87. The highest BCUT2D eigenvalue weighted by atomic mass is 16.5. The van der Waals surface area contributed by atoms with Crippen LogP contribution in [0.4, 0.5) is 0 Å². The van der Waals surface area contributed by atoms with Crippen LogP contribution in [-0.4, -0.2) is 30.9 Å². The van der Waals surface area contributed by atoms with Crippen LogP contribution in [0.3, 0.4) is 0 Å². The molecule has 0 aromatic heterocycles. The number of allylic oxidation sites excluding steroid dienone is 8. The van der Waals surface area contributed by atoms with Crippen molar-refractivity contribution in [3.8, 4) is 0 Å². The van der Waals surface area contributed by atoms with Crippen molar-refractivity contribution in [2.45, 2.75) is 206 Å². The van der Waals surface area contributed by atoms with E-state index in [0.29, 0.717) is 13.0 Å². The van der Waals surface area contributed by atoms with Crippen molar-refractivity contribution in [1.82, 2.24) is 5.32 Å². The zero-order valence-corrected chi connectivity index (χ0v) is 31.7. The topological polar surface area (TPSA) is 116 Å². The molecule has 0 saturated heterocycles. The van der Waals surface area contributed by atoms with Crippen molar-refractivity contribution in [3.63, 3.8) is 0 Å². The fourth-order valence-electron chi connectivity index (χ4n) is 5.76. The van der Waals surface area contributed by atoms with Crippen LogP contribution in [0.5, 0.6) is 0 Å². The first-order chi connectivity index (χ1) is 23.5. The molecule has 0 aromatic carbocycles. The van der Waals surface area contributed by atoms with Gasteiger partial charge in [-0.1, -0.05) is 140 Å². The number of carbonyl (C=O) groups excluding carboxylic acids is 1. The van der Waals surface area contributed by atoms with Gasteiger partial charge in [0.1, 0.15) is 18.4 Å². The molecule has 0 spiro atoms. The van der Waals surface area contributed by atoms with Gasteiger partial charge in [0.25, 0.3) is 0 Å². The summed E-state index contributed by atoms with van der Waals surface area (Å²) in [5, 5.41) is 2.91. The van der Waals surface area contributed by atoms with Gasteiger partial charge in [0.05, 0.1) is 0 Å². The third kappa shape index (κ3) is 35.6. The largest absolute Gasteiger partial charge is 0.461 e. The molecule has 0 amide bonds. The number of hydrogen-bond donors (Lipinski definition) is 4. The van der Waals surface area contributed by atoms with Crippen LogP contribution in [0.15, 0.2) is 48.6 Å². The summed E-state index contributed by atoms with van der Waals surface area (Å²) in [4.78, 5) is 12.7. The standard InChI is InChI=1S/C42H80N4O2/c1-3-5-7-9-11-13-15-17-19-21-23-25-27-29-31-33-35-39(48-41(47)40(43)37-38-46-42(44)45)36-34-32-30-28-26-24-22-20-18-16-14-12-10-8-6-4-2/h11-14,17-20,39-40,42,46H,3-10,15-16,21-38,43-45H2,1-2H3/b13-11-,14-12-,19-17-,20-18-/t40-/m0/s1. The van der Waals surface area contributed by atoms with E-state index in [0.717, 1.165) is 38.5 Å². The number of ether oxygens (including phenoxy) is 1. The number of nitrogens with two attached hydrogens (primary N) is 3. The maximum atomic E-state index is 12.7. The third-order valence-corrected chi connectivity index (χ3v) is 8.87. The van der Waals surface area contributed by atoms with Crippen molar-refractivity contribution in [1.29, 1.82) is 0 Å². The van der Waals surface area contributed by atoms with E-state index < -0.39 is 12.3 Å². The molecule has 0 bridgehead atoms. The first kappa shape index (κ1) is 46.3. The molecule has 0 fully saturated rings.